The molecule has 112 valence electrons. The largest absolute Gasteiger partial charge is 0.481 e. The number of carboxylic acids is 1. The summed E-state index contributed by atoms with van der Waals surface area (Å²) in [6.45, 7) is 6.38. The van der Waals surface area contributed by atoms with E-state index in [0.717, 1.165) is 33.3 Å². The van der Waals surface area contributed by atoms with Crippen LogP contribution in [-0.4, -0.2) is 25.8 Å². The third kappa shape index (κ3) is 2.37. The minimum Gasteiger partial charge on any atom is -0.481 e. The van der Waals surface area contributed by atoms with Gasteiger partial charge in [0.25, 0.3) is 0 Å². The van der Waals surface area contributed by atoms with Gasteiger partial charge in [0, 0.05) is 23.5 Å². The van der Waals surface area contributed by atoms with Gasteiger partial charge in [-0.3, -0.25) is 9.48 Å². The molecule has 0 aromatic carbocycles. The smallest absolute Gasteiger partial charge is 0.312 e. The van der Waals surface area contributed by atoms with Crippen molar-refractivity contribution in [2.45, 2.75) is 44.9 Å². The summed E-state index contributed by atoms with van der Waals surface area (Å²) in [7, 11) is 1.90. The summed E-state index contributed by atoms with van der Waals surface area (Å²) in [5.41, 5.74) is 2.71. The lowest BCUT2D eigenvalue weighted by Crippen LogP contribution is -2.13. The normalized spacial score (nSPS) is 18.0. The van der Waals surface area contributed by atoms with Gasteiger partial charge in [-0.1, -0.05) is 20.8 Å². The van der Waals surface area contributed by atoms with Gasteiger partial charge in [0.2, 0.25) is 0 Å². The fourth-order valence-electron chi connectivity index (χ4n) is 2.78. The average molecular weight is 305 g/mol. The first-order chi connectivity index (χ1) is 9.77. The first-order valence-corrected chi connectivity index (χ1v) is 7.86. The van der Waals surface area contributed by atoms with Gasteiger partial charge in [0.15, 0.2) is 0 Å². The molecule has 0 saturated carbocycles. The van der Waals surface area contributed by atoms with Crippen LogP contribution in [0.5, 0.6) is 0 Å². The van der Waals surface area contributed by atoms with Crippen molar-refractivity contribution in [2.24, 2.45) is 7.05 Å². The maximum absolute atomic E-state index is 11.3. The van der Waals surface area contributed by atoms with Crippen molar-refractivity contribution < 1.29 is 9.90 Å². The summed E-state index contributed by atoms with van der Waals surface area (Å²) in [4.78, 5) is 17.0. The Morgan fingerprint density at radius 2 is 2.19 bits per heavy atom. The zero-order valence-corrected chi connectivity index (χ0v) is 13.5. The van der Waals surface area contributed by atoms with Gasteiger partial charge in [-0.25, -0.2) is 4.98 Å². The molecule has 0 amide bonds. The molecule has 6 heteroatoms. The van der Waals surface area contributed by atoms with Crippen LogP contribution < -0.4 is 0 Å². The molecule has 0 radical (unpaired) electrons. The minimum absolute atomic E-state index is 0.0705. The number of aliphatic carboxylic acids is 1. The molecule has 5 nitrogen and oxygen atoms in total. The van der Waals surface area contributed by atoms with E-state index in [-0.39, 0.29) is 5.41 Å². The van der Waals surface area contributed by atoms with Crippen LogP contribution in [0, 0.1) is 0 Å². The van der Waals surface area contributed by atoms with Crippen LogP contribution >= 0.6 is 11.3 Å². The second-order valence-electron chi connectivity index (χ2n) is 6.57. The highest BCUT2D eigenvalue weighted by molar-refractivity contribution is 7.15. The van der Waals surface area contributed by atoms with Crippen LogP contribution in [0.3, 0.4) is 0 Å². The number of rotatable bonds is 2. The van der Waals surface area contributed by atoms with Crippen molar-refractivity contribution in [1.82, 2.24) is 14.8 Å². The quantitative estimate of drug-likeness (QED) is 0.926. The molecule has 2 aromatic heterocycles. The SMILES string of the molecule is Cn1cc(-c2nc3c(s2)CCC3C(=O)O)c(C(C)(C)C)n1. The molecule has 1 aliphatic rings. The van der Waals surface area contributed by atoms with E-state index in [1.165, 1.54) is 0 Å². The molecule has 1 N–H and O–H groups in total. The van der Waals surface area contributed by atoms with Gasteiger partial charge in [-0.2, -0.15) is 5.10 Å². The highest BCUT2D eigenvalue weighted by atomic mass is 32.1. The highest BCUT2D eigenvalue weighted by Gasteiger charge is 2.34. The van der Waals surface area contributed by atoms with Gasteiger partial charge in [0.1, 0.15) is 10.9 Å². The molecule has 0 fully saturated rings. The lowest BCUT2D eigenvalue weighted by molar-refractivity contribution is -0.138. The molecule has 3 rings (SSSR count). The number of thiazole rings is 1. The number of hydrogen-bond acceptors (Lipinski definition) is 4. The lowest BCUT2D eigenvalue weighted by atomic mass is 9.90. The lowest BCUT2D eigenvalue weighted by Gasteiger charge is -2.16. The molecule has 2 heterocycles. The van der Waals surface area contributed by atoms with Gasteiger partial charge >= 0.3 is 5.97 Å². The zero-order valence-electron chi connectivity index (χ0n) is 12.7. The van der Waals surface area contributed by atoms with Crippen LogP contribution in [0.1, 0.15) is 49.4 Å². The molecule has 2 aromatic rings. The Hall–Kier alpha value is -1.69. The summed E-state index contributed by atoms with van der Waals surface area (Å²) < 4.78 is 1.80. The maximum Gasteiger partial charge on any atom is 0.312 e. The van der Waals surface area contributed by atoms with Crippen LogP contribution in [0.4, 0.5) is 0 Å². The van der Waals surface area contributed by atoms with Crippen LogP contribution in [0.25, 0.3) is 10.6 Å². The van der Waals surface area contributed by atoms with E-state index >= 15 is 0 Å². The van der Waals surface area contributed by atoms with Gasteiger partial charge in [-0.15, -0.1) is 11.3 Å². The van der Waals surface area contributed by atoms with Gasteiger partial charge in [0.05, 0.1) is 17.0 Å². The summed E-state index contributed by atoms with van der Waals surface area (Å²) in [6, 6.07) is 0. The van der Waals surface area contributed by atoms with Crippen molar-refractivity contribution in [3.63, 3.8) is 0 Å². The van der Waals surface area contributed by atoms with E-state index in [0.29, 0.717) is 6.42 Å². The summed E-state index contributed by atoms with van der Waals surface area (Å²) >= 11 is 1.61. The predicted molar refractivity (Wildman–Crippen MR) is 81.7 cm³/mol. The van der Waals surface area contributed by atoms with Gasteiger partial charge in [-0.05, 0) is 12.8 Å². The third-order valence-corrected chi connectivity index (χ3v) is 4.95. The molecule has 1 atom stereocenters. The fraction of sp³-hybridized carbons (Fsp3) is 0.533. The molecule has 21 heavy (non-hydrogen) atoms. The Bertz CT molecular complexity index is 709. The molecular formula is C15H19N3O2S. The number of aryl methyl sites for hydroxylation is 2. The second kappa shape index (κ2) is 4.66. The van der Waals surface area contributed by atoms with Crippen LogP contribution in [0.15, 0.2) is 6.20 Å². The van der Waals surface area contributed by atoms with Crippen LogP contribution in [-0.2, 0) is 23.7 Å². The zero-order chi connectivity index (χ0) is 15.4. The number of nitrogens with zero attached hydrogens (tertiary/aromatic N) is 3. The van der Waals surface area contributed by atoms with Crippen molar-refractivity contribution in [2.75, 3.05) is 0 Å². The predicted octanol–water partition coefficient (Wildman–Crippen LogP) is 2.96. The molecule has 0 saturated heterocycles. The van der Waals surface area contributed by atoms with E-state index in [9.17, 15) is 9.90 Å². The van der Waals surface area contributed by atoms with E-state index in [2.05, 4.69) is 30.9 Å². The number of hydrogen-bond donors (Lipinski definition) is 1. The molecule has 0 spiro atoms. The molecule has 1 unspecified atom stereocenters. The summed E-state index contributed by atoms with van der Waals surface area (Å²) in [6.07, 6.45) is 3.46. The minimum atomic E-state index is -0.771. The average Bonchev–Trinajstić information content (AvgIpc) is 2.98. The van der Waals surface area contributed by atoms with Gasteiger partial charge < -0.3 is 5.11 Å². The first-order valence-electron chi connectivity index (χ1n) is 7.04. The first kappa shape index (κ1) is 14.3. The number of fused-ring (bicyclic) bond motifs is 1. The van der Waals surface area contributed by atoms with E-state index in [4.69, 9.17) is 0 Å². The standard InChI is InChI=1S/C15H19N3O2S/c1-15(2,3)12-9(7-18(4)17-12)13-16-11-8(14(19)20)5-6-10(11)21-13/h7-8H,5-6H2,1-4H3,(H,19,20). The van der Waals surface area contributed by atoms with E-state index < -0.39 is 11.9 Å². The number of carbonyl (C=O) groups is 1. The fourth-order valence-corrected chi connectivity index (χ4v) is 3.93. The Labute approximate surface area is 127 Å². The Morgan fingerprint density at radius 3 is 2.81 bits per heavy atom. The monoisotopic (exact) mass is 305 g/mol. The Morgan fingerprint density at radius 1 is 1.48 bits per heavy atom. The molecule has 1 aliphatic carbocycles. The topological polar surface area (TPSA) is 68.0 Å². The maximum atomic E-state index is 11.3. The second-order valence-corrected chi connectivity index (χ2v) is 7.66. The highest BCUT2D eigenvalue weighted by Crippen LogP contribution is 2.41. The number of carboxylic acid groups (broad SMARTS) is 1. The van der Waals surface area contributed by atoms with Crippen molar-refractivity contribution in [3.8, 4) is 10.6 Å². The molecular weight excluding hydrogens is 286 g/mol. The number of aromatic nitrogens is 3. The van der Waals surface area contributed by atoms with Crippen molar-refractivity contribution in [1.29, 1.82) is 0 Å². The van der Waals surface area contributed by atoms with E-state index in [1.807, 2.05) is 13.2 Å². The van der Waals surface area contributed by atoms with Crippen molar-refractivity contribution in [3.05, 3.63) is 22.5 Å². The molecule has 0 aliphatic heterocycles. The Balaban J connectivity index is 2.08. The summed E-state index contributed by atoms with van der Waals surface area (Å²) in [5.74, 6) is -1.22. The van der Waals surface area contributed by atoms with E-state index in [1.54, 1.807) is 16.0 Å². The third-order valence-electron chi connectivity index (χ3n) is 3.79. The van der Waals surface area contributed by atoms with Crippen LogP contribution in [0.2, 0.25) is 0 Å². The Kier molecular flexibility index (Phi) is 3.16. The summed E-state index contributed by atoms with van der Waals surface area (Å²) in [5, 5.41) is 14.7. The van der Waals surface area contributed by atoms with Crippen molar-refractivity contribution >= 4 is 17.3 Å². The molecule has 0 bridgehead atoms.